The normalized spacial score (nSPS) is 10.7. The molecule has 0 radical (unpaired) electrons. The fourth-order valence-corrected chi connectivity index (χ4v) is 1.21. The molecule has 16 heavy (non-hydrogen) atoms. The smallest absolute Gasteiger partial charge is 0.326 e. The van der Waals surface area contributed by atoms with Crippen LogP contribution in [0.4, 0.5) is 4.79 Å². The molecule has 0 atom stereocenters. The average Bonchev–Trinajstić information content (AvgIpc) is 2.75. The van der Waals surface area contributed by atoms with E-state index < -0.39 is 0 Å². The number of nitrogens with zero attached hydrogens (tertiary/aromatic N) is 2. The minimum absolute atomic E-state index is 0.137. The van der Waals surface area contributed by atoms with Crippen molar-refractivity contribution < 1.29 is 9.53 Å². The molecule has 1 amide bonds. The molecule has 5 heteroatoms. The number of unbranched alkanes of at least 4 members (excludes halogenated alkanes) is 1. The third kappa shape index (κ3) is 4.93. The fourth-order valence-electron chi connectivity index (χ4n) is 1.21. The maximum atomic E-state index is 11.4. The minimum atomic E-state index is -0.137. The van der Waals surface area contributed by atoms with E-state index >= 15 is 0 Å². The maximum absolute atomic E-state index is 11.4. The first-order chi connectivity index (χ1) is 7.70. The van der Waals surface area contributed by atoms with E-state index in [1.165, 1.54) is 10.9 Å². The van der Waals surface area contributed by atoms with E-state index in [1.807, 2.05) is 13.8 Å². The molecular formula is C11H19N3O2. The molecule has 0 saturated heterocycles. The largest absolute Gasteiger partial charge is 0.379 e. The van der Waals surface area contributed by atoms with E-state index in [0.29, 0.717) is 6.54 Å². The van der Waals surface area contributed by atoms with Crippen LogP contribution in [-0.4, -0.2) is 34.8 Å². The SMILES string of the molecule is CC(C)OCCCCNC(=O)n1ccnc1. The Kier molecular flexibility index (Phi) is 5.56. The van der Waals surface area contributed by atoms with Crippen molar-refractivity contribution in [1.82, 2.24) is 14.9 Å². The molecule has 1 aromatic rings. The van der Waals surface area contributed by atoms with E-state index in [0.717, 1.165) is 19.4 Å². The van der Waals surface area contributed by atoms with Gasteiger partial charge in [-0.1, -0.05) is 0 Å². The van der Waals surface area contributed by atoms with Crippen LogP contribution in [0.25, 0.3) is 0 Å². The van der Waals surface area contributed by atoms with Gasteiger partial charge in [-0.25, -0.2) is 9.78 Å². The average molecular weight is 225 g/mol. The third-order valence-corrected chi connectivity index (χ3v) is 2.04. The Balaban J connectivity index is 2.01. The van der Waals surface area contributed by atoms with Crippen molar-refractivity contribution in [3.8, 4) is 0 Å². The molecule has 0 saturated carbocycles. The molecule has 0 unspecified atom stereocenters. The van der Waals surface area contributed by atoms with Crippen molar-refractivity contribution >= 4 is 6.03 Å². The predicted octanol–water partition coefficient (Wildman–Crippen LogP) is 1.65. The second-order valence-electron chi connectivity index (χ2n) is 3.83. The first kappa shape index (κ1) is 12.7. The summed E-state index contributed by atoms with van der Waals surface area (Å²) in [6.45, 7) is 5.44. The minimum Gasteiger partial charge on any atom is -0.379 e. The van der Waals surface area contributed by atoms with E-state index in [-0.39, 0.29) is 12.1 Å². The van der Waals surface area contributed by atoms with Gasteiger partial charge < -0.3 is 10.1 Å². The van der Waals surface area contributed by atoms with Gasteiger partial charge in [-0.15, -0.1) is 0 Å². The van der Waals surface area contributed by atoms with Crippen molar-refractivity contribution in [1.29, 1.82) is 0 Å². The highest BCUT2D eigenvalue weighted by Gasteiger charge is 2.01. The zero-order valence-corrected chi connectivity index (χ0v) is 9.85. The van der Waals surface area contributed by atoms with Gasteiger partial charge in [0.25, 0.3) is 0 Å². The lowest BCUT2D eigenvalue weighted by molar-refractivity contribution is 0.0761. The highest BCUT2D eigenvalue weighted by Crippen LogP contribution is 1.93. The number of amides is 1. The molecule has 0 bridgehead atoms. The third-order valence-electron chi connectivity index (χ3n) is 2.04. The number of aromatic nitrogens is 2. The summed E-state index contributed by atoms with van der Waals surface area (Å²) in [6.07, 6.45) is 6.85. The summed E-state index contributed by atoms with van der Waals surface area (Å²) < 4.78 is 6.81. The monoisotopic (exact) mass is 225 g/mol. The summed E-state index contributed by atoms with van der Waals surface area (Å²) in [4.78, 5) is 15.2. The van der Waals surface area contributed by atoms with E-state index in [2.05, 4.69) is 10.3 Å². The summed E-state index contributed by atoms with van der Waals surface area (Å²) in [6, 6.07) is -0.137. The summed E-state index contributed by atoms with van der Waals surface area (Å²) >= 11 is 0. The molecular weight excluding hydrogens is 206 g/mol. The number of imidazole rings is 1. The van der Waals surface area contributed by atoms with Gasteiger partial charge in [0, 0.05) is 25.5 Å². The number of carbonyl (C=O) groups is 1. The van der Waals surface area contributed by atoms with Gasteiger partial charge >= 0.3 is 6.03 Å². The maximum Gasteiger partial charge on any atom is 0.326 e. The first-order valence-corrected chi connectivity index (χ1v) is 5.58. The van der Waals surface area contributed by atoms with Crippen LogP contribution in [0.5, 0.6) is 0 Å². The Morgan fingerprint density at radius 2 is 2.31 bits per heavy atom. The van der Waals surface area contributed by atoms with Crippen LogP contribution in [0.15, 0.2) is 18.7 Å². The molecule has 0 spiro atoms. The van der Waals surface area contributed by atoms with Crippen LogP contribution in [0.1, 0.15) is 26.7 Å². The van der Waals surface area contributed by atoms with Gasteiger partial charge in [0.1, 0.15) is 6.33 Å². The van der Waals surface area contributed by atoms with Crippen LogP contribution in [0.2, 0.25) is 0 Å². The van der Waals surface area contributed by atoms with Gasteiger partial charge in [-0.05, 0) is 26.7 Å². The Morgan fingerprint density at radius 1 is 1.50 bits per heavy atom. The molecule has 1 N–H and O–H groups in total. The van der Waals surface area contributed by atoms with Crippen LogP contribution < -0.4 is 5.32 Å². The van der Waals surface area contributed by atoms with Crippen molar-refractivity contribution in [3.63, 3.8) is 0 Å². The summed E-state index contributed by atoms with van der Waals surface area (Å²) in [5.41, 5.74) is 0. The predicted molar refractivity (Wildman–Crippen MR) is 61.3 cm³/mol. The Hall–Kier alpha value is -1.36. The molecule has 90 valence electrons. The zero-order chi connectivity index (χ0) is 11.8. The van der Waals surface area contributed by atoms with Crippen LogP contribution in [0, 0.1) is 0 Å². The second kappa shape index (κ2) is 7.00. The Labute approximate surface area is 95.8 Å². The molecule has 0 aliphatic heterocycles. The van der Waals surface area contributed by atoms with Crippen molar-refractivity contribution in [2.75, 3.05) is 13.2 Å². The summed E-state index contributed by atoms with van der Waals surface area (Å²) in [5.74, 6) is 0. The highest BCUT2D eigenvalue weighted by molar-refractivity contribution is 5.76. The van der Waals surface area contributed by atoms with Crippen LogP contribution in [0.3, 0.4) is 0 Å². The van der Waals surface area contributed by atoms with Crippen molar-refractivity contribution in [3.05, 3.63) is 18.7 Å². The topological polar surface area (TPSA) is 56.1 Å². The summed E-state index contributed by atoms with van der Waals surface area (Å²) in [7, 11) is 0. The Bertz CT molecular complexity index is 296. The van der Waals surface area contributed by atoms with E-state index in [4.69, 9.17) is 4.74 Å². The fraction of sp³-hybridized carbons (Fsp3) is 0.636. The quantitative estimate of drug-likeness (QED) is 0.749. The molecule has 1 heterocycles. The van der Waals surface area contributed by atoms with Gasteiger partial charge in [-0.2, -0.15) is 0 Å². The number of nitrogens with one attached hydrogen (secondary N) is 1. The number of rotatable bonds is 6. The number of carbonyl (C=O) groups excluding carboxylic acids is 1. The number of hydrogen-bond acceptors (Lipinski definition) is 3. The molecule has 1 aromatic heterocycles. The summed E-state index contributed by atoms with van der Waals surface area (Å²) in [5, 5.41) is 2.80. The lowest BCUT2D eigenvalue weighted by atomic mass is 10.3. The molecule has 0 fully saturated rings. The van der Waals surface area contributed by atoms with E-state index in [1.54, 1.807) is 12.4 Å². The molecule has 5 nitrogen and oxygen atoms in total. The van der Waals surface area contributed by atoms with Crippen LogP contribution in [-0.2, 0) is 4.74 Å². The number of ether oxygens (including phenoxy) is 1. The van der Waals surface area contributed by atoms with Crippen molar-refractivity contribution in [2.45, 2.75) is 32.8 Å². The molecule has 1 rings (SSSR count). The first-order valence-electron chi connectivity index (χ1n) is 5.58. The van der Waals surface area contributed by atoms with Gasteiger partial charge in [0.15, 0.2) is 0 Å². The van der Waals surface area contributed by atoms with E-state index in [9.17, 15) is 4.79 Å². The highest BCUT2D eigenvalue weighted by atomic mass is 16.5. The molecule has 0 aromatic carbocycles. The van der Waals surface area contributed by atoms with Crippen LogP contribution >= 0.6 is 0 Å². The Morgan fingerprint density at radius 3 is 2.94 bits per heavy atom. The van der Waals surface area contributed by atoms with Gasteiger partial charge in [-0.3, -0.25) is 4.57 Å². The molecule has 0 aliphatic rings. The van der Waals surface area contributed by atoms with Gasteiger partial charge in [0.05, 0.1) is 6.10 Å². The zero-order valence-electron chi connectivity index (χ0n) is 9.85. The second-order valence-corrected chi connectivity index (χ2v) is 3.83. The number of hydrogen-bond donors (Lipinski definition) is 1. The molecule has 0 aliphatic carbocycles. The lowest BCUT2D eigenvalue weighted by Gasteiger charge is -2.07. The lowest BCUT2D eigenvalue weighted by Crippen LogP contribution is -2.28. The standard InChI is InChI=1S/C11H19N3O2/c1-10(2)16-8-4-3-5-13-11(15)14-7-6-12-9-14/h6-7,9-10H,3-5,8H2,1-2H3,(H,13,15). The van der Waals surface area contributed by atoms with Gasteiger partial charge in [0.2, 0.25) is 0 Å². The van der Waals surface area contributed by atoms with Crippen molar-refractivity contribution in [2.24, 2.45) is 0 Å².